The number of para-hydroxylation sites is 1. The second-order valence-electron chi connectivity index (χ2n) is 3.61. The van der Waals surface area contributed by atoms with Gasteiger partial charge in [0, 0.05) is 27.3 Å². The standard InChI is InChI=1S/C13H9BrN2S2/c14-10-5-7-17-12(10)9-3-1-2-4-11(9)16-13-15-6-8-18-13/h1-8H,(H,15,16). The van der Waals surface area contributed by atoms with Crippen LogP contribution >= 0.6 is 38.6 Å². The van der Waals surface area contributed by atoms with Gasteiger partial charge in [-0.15, -0.1) is 22.7 Å². The van der Waals surface area contributed by atoms with Crippen LogP contribution in [0.3, 0.4) is 0 Å². The third-order valence-corrected chi connectivity index (χ3v) is 5.02. The SMILES string of the molecule is Brc1ccsc1-c1ccccc1Nc1nccs1. The van der Waals surface area contributed by atoms with Crippen LogP contribution in [0.5, 0.6) is 0 Å². The summed E-state index contributed by atoms with van der Waals surface area (Å²) in [6, 6.07) is 10.3. The van der Waals surface area contributed by atoms with Gasteiger partial charge in [-0.1, -0.05) is 18.2 Å². The van der Waals surface area contributed by atoms with Crippen LogP contribution in [-0.2, 0) is 0 Å². The maximum Gasteiger partial charge on any atom is 0.187 e. The highest BCUT2D eigenvalue weighted by Gasteiger charge is 2.10. The van der Waals surface area contributed by atoms with Gasteiger partial charge in [-0.3, -0.25) is 0 Å². The van der Waals surface area contributed by atoms with E-state index < -0.39 is 0 Å². The van der Waals surface area contributed by atoms with E-state index >= 15 is 0 Å². The molecule has 0 aliphatic heterocycles. The molecule has 1 aromatic carbocycles. The summed E-state index contributed by atoms with van der Waals surface area (Å²) >= 11 is 6.91. The summed E-state index contributed by atoms with van der Waals surface area (Å²) in [5.74, 6) is 0. The number of halogens is 1. The van der Waals surface area contributed by atoms with Gasteiger partial charge < -0.3 is 5.32 Å². The topological polar surface area (TPSA) is 24.9 Å². The van der Waals surface area contributed by atoms with E-state index in [4.69, 9.17) is 0 Å². The molecule has 0 saturated heterocycles. The van der Waals surface area contributed by atoms with Crippen LogP contribution < -0.4 is 5.32 Å². The minimum Gasteiger partial charge on any atom is -0.331 e. The van der Waals surface area contributed by atoms with E-state index in [1.54, 1.807) is 28.9 Å². The fourth-order valence-electron chi connectivity index (χ4n) is 1.68. The highest BCUT2D eigenvalue weighted by atomic mass is 79.9. The van der Waals surface area contributed by atoms with E-state index in [2.05, 4.69) is 55.9 Å². The number of anilines is 2. The number of thiophene rings is 1. The van der Waals surface area contributed by atoms with Crippen molar-refractivity contribution in [1.82, 2.24) is 4.98 Å². The fourth-order valence-corrected chi connectivity index (χ4v) is 3.84. The largest absolute Gasteiger partial charge is 0.331 e. The zero-order chi connectivity index (χ0) is 12.4. The second-order valence-corrected chi connectivity index (χ2v) is 6.27. The average Bonchev–Trinajstić information content (AvgIpc) is 3.02. The number of nitrogens with zero attached hydrogens (tertiary/aromatic N) is 1. The smallest absolute Gasteiger partial charge is 0.187 e. The van der Waals surface area contributed by atoms with Crippen LogP contribution in [0.4, 0.5) is 10.8 Å². The van der Waals surface area contributed by atoms with Gasteiger partial charge in [-0.2, -0.15) is 0 Å². The molecular formula is C13H9BrN2S2. The number of thiazole rings is 1. The molecule has 0 aliphatic carbocycles. The number of aromatic nitrogens is 1. The number of nitrogens with one attached hydrogen (secondary N) is 1. The van der Waals surface area contributed by atoms with Crippen molar-refractivity contribution < 1.29 is 0 Å². The number of rotatable bonds is 3. The molecule has 5 heteroatoms. The third-order valence-electron chi connectivity index (χ3n) is 2.46. The summed E-state index contributed by atoms with van der Waals surface area (Å²) in [6.07, 6.45) is 1.80. The number of benzene rings is 1. The summed E-state index contributed by atoms with van der Waals surface area (Å²) in [4.78, 5) is 5.49. The molecule has 0 aliphatic rings. The Kier molecular flexibility index (Phi) is 3.45. The van der Waals surface area contributed by atoms with Gasteiger partial charge in [0.25, 0.3) is 0 Å². The van der Waals surface area contributed by atoms with Crippen molar-refractivity contribution >= 4 is 49.4 Å². The predicted octanol–water partition coefficient (Wildman–Crippen LogP) is 5.38. The Hall–Kier alpha value is -1.17. The molecule has 2 heterocycles. The molecule has 0 amide bonds. The Balaban J connectivity index is 2.03. The zero-order valence-electron chi connectivity index (χ0n) is 9.26. The van der Waals surface area contributed by atoms with Crippen LogP contribution in [0.1, 0.15) is 0 Å². The maximum atomic E-state index is 4.26. The Labute approximate surface area is 121 Å². The van der Waals surface area contributed by atoms with Crippen LogP contribution in [0.2, 0.25) is 0 Å². The second kappa shape index (κ2) is 5.22. The molecule has 0 radical (unpaired) electrons. The van der Waals surface area contributed by atoms with Gasteiger partial charge >= 0.3 is 0 Å². The molecule has 2 nitrogen and oxygen atoms in total. The molecule has 3 rings (SSSR count). The first-order valence-electron chi connectivity index (χ1n) is 5.33. The van der Waals surface area contributed by atoms with Gasteiger partial charge in [-0.05, 0) is 33.4 Å². The summed E-state index contributed by atoms with van der Waals surface area (Å²) in [6.45, 7) is 0. The lowest BCUT2D eigenvalue weighted by Crippen LogP contribution is -1.91. The molecular weight excluding hydrogens is 328 g/mol. The molecule has 0 fully saturated rings. The maximum absolute atomic E-state index is 4.26. The first-order chi connectivity index (χ1) is 8.84. The van der Waals surface area contributed by atoms with Crippen molar-refractivity contribution in [1.29, 1.82) is 0 Å². The minimum atomic E-state index is 0.912. The molecule has 0 spiro atoms. The lowest BCUT2D eigenvalue weighted by Gasteiger charge is -2.09. The van der Waals surface area contributed by atoms with Crippen LogP contribution in [0, 0.1) is 0 Å². The Morgan fingerprint density at radius 3 is 2.67 bits per heavy atom. The predicted molar refractivity (Wildman–Crippen MR) is 82.9 cm³/mol. The van der Waals surface area contributed by atoms with E-state index in [0.29, 0.717) is 0 Å². The van der Waals surface area contributed by atoms with Gasteiger partial charge in [-0.25, -0.2) is 4.98 Å². The van der Waals surface area contributed by atoms with Crippen molar-refractivity contribution in [2.45, 2.75) is 0 Å². The van der Waals surface area contributed by atoms with Crippen molar-refractivity contribution in [3.8, 4) is 10.4 Å². The van der Waals surface area contributed by atoms with Crippen LogP contribution in [0.15, 0.2) is 51.8 Å². The first-order valence-corrected chi connectivity index (χ1v) is 7.89. The normalized spacial score (nSPS) is 10.5. The van der Waals surface area contributed by atoms with E-state index in [-0.39, 0.29) is 0 Å². The first kappa shape index (κ1) is 11.9. The van der Waals surface area contributed by atoms with Gasteiger partial charge in [0.05, 0.1) is 4.88 Å². The van der Waals surface area contributed by atoms with Crippen molar-refractivity contribution in [2.24, 2.45) is 0 Å². The van der Waals surface area contributed by atoms with Gasteiger partial charge in [0.2, 0.25) is 0 Å². The highest BCUT2D eigenvalue weighted by molar-refractivity contribution is 9.10. The molecule has 0 saturated carbocycles. The molecule has 18 heavy (non-hydrogen) atoms. The number of hydrogen-bond donors (Lipinski definition) is 1. The molecule has 0 unspecified atom stereocenters. The van der Waals surface area contributed by atoms with E-state index in [1.165, 1.54) is 10.4 Å². The number of hydrogen-bond acceptors (Lipinski definition) is 4. The van der Waals surface area contributed by atoms with E-state index in [9.17, 15) is 0 Å². The summed E-state index contributed by atoms with van der Waals surface area (Å²) < 4.78 is 1.13. The van der Waals surface area contributed by atoms with E-state index in [1.807, 2.05) is 11.4 Å². The summed E-state index contributed by atoms with van der Waals surface area (Å²) in [7, 11) is 0. The van der Waals surface area contributed by atoms with Gasteiger partial charge in [0.15, 0.2) is 5.13 Å². The quantitative estimate of drug-likeness (QED) is 0.694. The zero-order valence-corrected chi connectivity index (χ0v) is 12.5. The lowest BCUT2D eigenvalue weighted by atomic mass is 10.1. The molecule has 90 valence electrons. The monoisotopic (exact) mass is 336 g/mol. The summed E-state index contributed by atoms with van der Waals surface area (Å²) in [5, 5.41) is 8.32. The molecule has 0 atom stereocenters. The molecule has 2 aromatic heterocycles. The molecule has 0 bridgehead atoms. The van der Waals surface area contributed by atoms with Crippen molar-refractivity contribution in [2.75, 3.05) is 5.32 Å². The molecule has 3 aromatic rings. The van der Waals surface area contributed by atoms with E-state index in [0.717, 1.165) is 15.3 Å². The van der Waals surface area contributed by atoms with Crippen molar-refractivity contribution in [3.63, 3.8) is 0 Å². The fraction of sp³-hybridized carbons (Fsp3) is 0. The van der Waals surface area contributed by atoms with Crippen molar-refractivity contribution in [3.05, 3.63) is 51.8 Å². The Morgan fingerprint density at radius 1 is 1.06 bits per heavy atom. The summed E-state index contributed by atoms with van der Waals surface area (Å²) in [5.41, 5.74) is 2.27. The average molecular weight is 337 g/mol. The van der Waals surface area contributed by atoms with Crippen LogP contribution in [-0.4, -0.2) is 4.98 Å². The Bertz CT molecular complexity index is 647. The third kappa shape index (κ3) is 2.34. The van der Waals surface area contributed by atoms with Crippen LogP contribution in [0.25, 0.3) is 10.4 Å². The van der Waals surface area contributed by atoms with Gasteiger partial charge in [0.1, 0.15) is 0 Å². The highest BCUT2D eigenvalue weighted by Crippen LogP contribution is 2.38. The molecule has 1 N–H and O–H groups in total. The minimum absolute atomic E-state index is 0.912. The Morgan fingerprint density at radius 2 is 1.94 bits per heavy atom. The lowest BCUT2D eigenvalue weighted by molar-refractivity contribution is 1.39.